The van der Waals surface area contributed by atoms with Crippen LogP contribution in [0.5, 0.6) is 5.75 Å². The first kappa shape index (κ1) is 24.2. The molecule has 1 aliphatic rings. The Kier molecular flexibility index (Phi) is 7.95. The number of anilines is 1. The molecule has 8 heteroatoms. The molecule has 1 heterocycles. The minimum atomic E-state index is -0.537. The number of amides is 1. The Hall–Kier alpha value is -3.91. The topological polar surface area (TPSA) is 88.0 Å². The van der Waals surface area contributed by atoms with Crippen molar-refractivity contribution in [3.05, 3.63) is 99.6 Å². The van der Waals surface area contributed by atoms with E-state index in [4.69, 9.17) is 4.74 Å². The first-order valence-corrected chi connectivity index (χ1v) is 11.8. The summed E-state index contributed by atoms with van der Waals surface area (Å²) in [6.45, 7) is 6.65. The van der Waals surface area contributed by atoms with E-state index in [2.05, 4.69) is 27.2 Å². The Morgan fingerprint density at radius 3 is 2.29 bits per heavy atom. The van der Waals surface area contributed by atoms with Gasteiger partial charge in [0.05, 0.1) is 4.92 Å². The second kappa shape index (κ2) is 11.5. The molecule has 0 atom stereocenters. The number of nitro groups is 1. The summed E-state index contributed by atoms with van der Waals surface area (Å²) >= 11 is 0. The van der Waals surface area contributed by atoms with Crippen LogP contribution in [0, 0.1) is 17.0 Å². The lowest BCUT2D eigenvalue weighted by atomic mass is 10.1. The van der Waals surface area contributed by atoms with Crippen LogP contribution in [0.1, 0.15) is 21.5 Å². The highest BCUT2D eigenvalue weighted by Crippen LogP contribution is 2.35. The second-order valence-electron chi connectivity index (χ2n) is 8.56. The van der Waals surface area contributed by atoms with Crippen LogP contribution in [0.25, 0.3) is 0 Å². The maximum Gasteiger partial charge on any atom is 0.323 e. The fourth-order valence-electron chi connectivity index (χ4n) is 4.24. The number of benzene rings is 3. The van der Waals surface area contributed by atoms with E-state index in [0.717, 1.165) is 31.7 Å². The van der Waals surface area contributed by atoms with Crippen LogP contribution in [-0.4, -0.2) is 55.0 Å². The maximum absolute atomic E-state index is 12.9. The van der Waals surface area contributed by atoms with Crippen molar-refractivity contribution in [1.29, 1.82) is 0 Å². The summed E-state index contributed by atoms with van der Waals surface area (Å²) in [4.78, 5) is 28.9. The van der Waals surface area contributed by atoms with E-state index in [0.29, 0.717) is 18.7 Å². The van der Waals surface area contributed by atoms with Crippen LogP contribution in [0.15, 0.2) is 72.8 Å². The number of ether oxygens (including phenoxy) is 1. The predicted octanol–water partition coefficient (Wildman–Crippen LogP) is 4.03. The third-order valence-corrected chi connectivity index (χ3v) is 6.19. The van der Waals surface area contributed by atoms with Crippen LogP contribution in [-0.2, 0) is 6.61 Å². The number of carbonyl (C=O) groups is 1. The van der Waals surface area contributed by atoms with Crippen molar-refractivity contribution >= 4 is 17.3 Å². The Morgan fingerprint density at radius 1 is 0.971 bits per heavy atom. The highest BCUT2D eigenvalue weighted by atomic mass is 16.6. The van der Waals surface area contributed by atoms with Gasteiger partial charge in [0, 0.05) is 45.0 Å². The SMILES string of the molecule is Cc1ccc(C(=O)NCCN2CCN(c3ccccc3)CC2)c([N+](=O)[O-])c1OCc1ccccc1. The van der Waals surface area contributed by atoms with Gasteiger partial charge in [-0.2, -0.15) is 0 Å². The van der Waals surface area contributed by atoms with E-state index in [1.165, 1.54) is 11.8 Å². The van der Waals surface area contributed by atoms with Crippen molar-refractivity contribution < 1.29 is 14.5 Å². The van der Waals surface area contributed by atoms with E-state index >= 15 is 0 Å². The number of nitrogens with one attached hydrogen (secondary N) is 1. The summed E-state index contributed by atoms with van der Waals surface area (Å²) in [6.07, 6.45) is 0. The van der Waals surface area contributed by atoms with Gasteiger partial charge in [-0.05, 0) is 36.2 Å². The smallest absolute Gasteiger partial charge is 0.323 e. The quantitative estimate of drug-likeness (QED) is 0.372. The molecule has 0 spiro atoms. The third kappa shape index (κ3) is 6.16. The molecule has 0 bridgehead atoms. The molecule has 35 heavy (non-hydrogen) atoms. The van der Waals surface area contributed by atoms with E-state index in [9.17, 15) is 14.9 Å². The van der Waals surface area contributed by atoms with Gasteiger partial charge >= 0.3 is 5.69 Å². The zero-order chi connectivity index (χ0) is 24.6. The lowest BCUT2D eigenvalue weighted by Crippen LogP contribution is -2.48. The fourth-order valence-corrected chi connectivity index (χ4v) is 4.24. The minimum absolute atomic E-state index is 0.0116. The largest absolute Gasteiger partial charge is 0.482 e. The van der Waals surface area contributed by atoms with Gasteiger partial charge in [0.25, 0.3) is 5.91 Å². The third-order valence-electron chi connectivity index (χ3n) is 6.19. The van der Waals surface area contributed by atoms with Gasteiger partial charge in [-0.3, -0.25) is 19.8 Å². The Labute approximate surface area is 205 Å². The van der Waals surface area contributed by atoms with E-state index in [1.807, 2.05) is 48.5 Å². The predicted molar refractivity (Wildman–Crippen MR) is 136 cm³/mol. The second-order valence-corrected chi connectivity index (χ2v) is 8.56. The Balaban J connectivity index is 1.34. The van der Waals surface area contributed by atoms with Gasteiger partial charge < -0.3 is 15.0 Å². The maximum atomic E-state index is 12.9. The molecule has 0 saturated carbocycles. The van der Waals surface area contributed by atoms with Gasteiger partial charge in [0.15, 0.2) is 0 Å². The van der Waals surface area contributed by atoms with Crippen molar-refractivity contribution in [2.24, 2.45) is 0 Å². The van der Waals surface area contributed by atoms with Gasteiger partial charge in [-0.15, -0.1) is 0 Å². The molecule has 4 rings (SSSR count). The number of rotatable bonds is 9. The van der Waals surface area contributed by atoms with Crippen molar-refractivity contribution in [1.82, 2.24) is 10.2 Å². The normalized spacial score (nSPS) is 13.9. The molecule has 3 aromatic rings. The Bertz CT molecular complexity index is 1150. The average molecular weight is 475 g/mol. The number of para-hydroxylation sites is 1. The van der Waals surface area contributed by atoms with Gasteiger partial charge in [-0.25, -0.2) is 0 Å². The standard InChI is InChI=1S/C27H30N4O4/c1-21-12-13-24(25(31(33)34)26(21)35-20-22-8-4-2-5-9-22)27(32)28-14-15-29-16-18-30(19-17-29)23-10-6-3-7-11-23/h2-13H,14-20H2,1H3,(H,28,32). The lowest BCUT2D eigenvalue weighted by molar-refractivity contribution is -0.386. The lowest BCUT2D eigenvalue weighted by Gasteiger charge is -2.36. The monoisotopic (exact) mass is 474 g/mol. The highest BCUT2D eigenvalue weighted by molar-refractivity contribution is 5.99. The van der Waals surface area contributed by atoms with Crippen LogP contribution < -0.4 is 15.0 Å². The molecule has 0 radical (unpaired) electrons. The molecule has 0 aliphatic carbocycles. The number of carbonyl (C=O) groups excluding carboxylic acids is 1. The Morgan fingerprint density at radius 2 is 1.63 bits per heavy atom. The van der Waals surface area contributed by atoms with Crippen molar-refractivity contribution in [3.8, 4) is 5.75 Å². The molecule has 1 fully saturated rings. The molecule has 182 valence electrons. The van der Waals surface area contributed by atoms with E-state index in [-0.39, 0.29) is 23.6 Å². The van der Waals surface area contributed by atoms with E-state index in [1.54, 1.807) is 13.0 Å². The molecule has 0 unspecified atom stereocenters. The number of nitrogens with zero attached hydrogens (tertiary/aromatic N) is 3. The van der Waals surface area contributed by atoms with Crippen LogP contribution in [0.3, 0.4) is 0 Å². The first-order valence-electron chi connectivity index (χ1n) is 11.8. The summed E-state index contributed by atoms with van der Waals surface area (Å²) in [6, 6.07) is 22.9. The number of hydrogen-bond acceptors (Lipinski definition) is 6. The summed E-state index contributed by atoms with van der Waals surface area (Å²) < 4.78 is 5.82. The minimum Gasteiger partial charge on any atom is -0.482 e. The number of hydrogen-bond donors (Lipinski definition) is 1. The molecule has 1 aliphatic heterocycles. The highest BCUT2D eigenvalue weighted by Gasteiger charge is 2.28. The summed E-state index contributed by atoms with van der Waals surface area (Å²) in [5, 5.41) is 14.8. The van der Waals surface area contributed by atoms with Gasteiger partial charge in [0.2, 0.25) is 5.75 Å². The van der Waals surface area contributed by atoms with Crippen LogP contribution in [0.2, 0.25) is 0 Å². The zero-order valence-electron chi connectivity index (χ0n) is 19.9. The summed E-state index contributed by atoms with van der Waals surface area (Å²) in [7, 11) is 0. The molecule has 1 N–H and O–H groups in total. The number of piperazine rings is 1. The molecular weight excluding hydrogens is 444 g/mol. The average Bonchev–Trinajstić information content (AvgIpc) is 2.89. The fraction of sp³-hybridized carbons (Fsp3) is 0.296. The number of aryl methyl sites for hydroxylation is 1. The molecule has 8 nitrogen and oxygen atoms in total. The van der Waals surface area contributed by atoms with Gasteiger partial charge in [-0.1, -0.05) is 54.6 Å². The summed E-state index contributed by atoms with van der Waals surface area (Å²) in [5.41, 5.74) is 2.44. The van der Waals surface area contributed by atoms with E-state index < -0.39 is 10.8 Å². The first-order chi connectivity index (χ1) is 17.0. The molecule has 1 saturated heterocycles. The molecule has 1 amide bonds. The van der Waals surface area contributed by atoms with Gasteiger partial charge in [0.1, 0.15) is 12.2 Å². The van der Waals surface area contributed by atoms with Crippen molar-refractivity contribution in [2.75, 3.05) is 44.2 Å². The van der Waals surface area contributed by atoms with Crippen LogP contribution >= 0.6 is 0 Å². The number of nitro benzene ring substituents is 1. The molecular formula is C27H30N4O4. The molecule has 0 aromatic heterocycles. The summed E-state index contributed by atoms with van der Waals surface area (Å²) in [5.74, 6) is -0.340. The van der Waals surface area contributed by atoms with Crippen LogP contribution in [0.4, 0.5) is 11.4 Å². The van der Waals surface area contributed by atoms with Crippen molar-refractivity contribution in [2.45, 2.75) is 13.5 Å². The van der Waals surface area contributed by atoms with Crippen molar-refractivity contribution in [3.63, 3.8) is 0 Å². The molecule has 3 aromatic carbocycles. The zero-order valence-corrected chi connectivity index (χ0v) is 19.9.